The lowest BCUT2D eigenvalue weighted by Gasteiger charge is -2.22. The third kappa shape index (κ3) is 5.64. The fourth-order valence-electron chi connectivity index (χ4n) is 3.00. The molecule has 0 radical (unpaired) electrons. The van der Waals surface area contributed by atoms with E-state index in [1.165, 1.54) is 6.20 Å². The van der Waals surface area contributed by atoms with Crippen LogP contribution in [0.15, 0.2) is 28.3 Å². The number of nitrogens with zero attached hydrogens (tertiary/aromatic N) is 3. The highest BCUT2D eigenvalue weighted by Gasteiger charge is 2.33. The quantitative estimate of drug-likeness (QED) is 0.352. The summed E-state index contributed by atoms with van der Waals surface area (Å²) in [5, 5.41) is 3.89. The summed E-state index contributed by atoms with van der Waals surface area (Å²) in [4.78, 5) is 37.8. The predicted molar refractivity (Wildman–Crippen MR) is 120 cm³/mol. The Hall–Kier alpha value is -1.53. The van der Waals surface area contributed by atoms with E-state index in [-0.39, 0.29) is 28.6 Å². The van der Waals surface area contributed by atoms with Crippen LogP contribution in [0.2, 0.25) is 5.02 Å². The number of aromatic amines is 1. The van der Waals surface area contributed by atoms with Gasteiger partial charge in [0.1, 0.15) is 4.70 Å². The second kappa shape index (κ2) is 9.14. The molecule has 0 spiro atoms. The number of fused-ring (bicyclic) bond motifs is 4. The van der Waals surface area contributed by atoms with Gasteiger partial charge >= 0.3 is 12.7 Å². The predicted octanol–water partition coefficient (Wildman–Crippen LogP) is 4.19. The highest BCUT2D eigenvalue weighted by molar-refractivity contribution is 7.99. The van der Waals surface area contributed by atoms with Gasteiger partial charge in [-0.25, -0.2) is 14.5 Å². The van der Waals surface area contributed by atoms with Crippen molar-refractivity contribution in [2.45, 2.75) is 36.9 Å². The summed E-state index contributed by atoms with van der Waals surface area (Å²) in [6.07, 6.45) is 2.04. The number of halogens is 1. The third-order valence-corrected chi connectivity index (χ3v) is 7.37. The Morgan fingerprint density at radius 3 is 2.90 bits per heavy atom. The molecule has 10 nitrogen and oxygen atoms in total. The van der Waals surface area contributed by atoms with Crippen molar-refractivity contribution in [1.82, 2.24) is 19.9 Å². The molecule has 0 aromatic carbocycles. The zero-order valence-electron chi connectivity index (χ0n) is 16.4. The zero-order valence-corrected chi connectivity index (χ0v) is 19.7. The third-order valence-electron chi connectivity index (χ3n) is 4.23. The maximum absolute atomic E-state index is 12.7. The van der Waals surface area contributed by atoms with Crippen LogP contribution in [0.4, 0.5) is 5.82 Å². The lowest BCUT2D eigenvalue weighted by molar-refractivity contribution is 0.132. The van der Waals surface area contributed by atoms with Crippen LogP contribution in [0, 0.1) is 5.92 Å². The van der Waals surface area contributed by atoms with Gasteiger partial charge < -0.3 is 10.2 Å². The minimum Gasteiger partial charge on any atom is -0.364 e. The maximum atomic E-state index is 12.7. The van der Waals surface area contributed by atoms with Crippen LogP contribution >= 0.6 is 42.5 Å². The number of phosphoric acid groups is 1. The molecule has 31 heavy (non-hydrogen) atoms. The number of aromatic nitrogens is 4. The van der Waals surface area contributed by atoms with Crippen LogP contribution in [-0.4, -0.2) is 37.5 Å². The van der Waals surface area contributed by atoms with Crippen molar-refractivity contribution in [3.8, 4) is 0 Å². The summed E-state index contributed by atoms with van der Waals surface area (Å²) < 4.78 is 24.0. The summed E-state index contributed by atoms with van der Waals surface area (Å²) >= 11 is 7.86. The topological polar surface area (TPSA) is 139 Å². The fourth-order valence-corrected chi connectivity index (χ4v) is 5.86. The Bertz CT molecular complexity index is 1190. The number of anilines is 1. The Morgan fingerprint density at radius 2 is 2.19 bits per heavy atom. The van der Waals surface area contributed by atoms with Crippen molar-refractivity contribution >= 4 is 58.7 Å². The molecule has 4 rings (SSSR count). The molecule has 3 N–H and O–H groups in total. The Labute approximate surface area is 190 Å². The molecule has 1 aliphatic rings. The number of phosphoric ester groups is 1. The first-order chi connectivity index (χ1) is 14.7. The van der Waals surface area contributed by atoms with Crippen molar-refractivity contribution in [3.05, 3.63) is 38.7 Å². The van der Waals surface area contributed by atoms with Gasteiger partial charge in [0.15, 0.2) is 22.1 Å². The molecule has 0 amide bonds. The molecular weight excluding hydrogens is 485 g/mol. The van der Waals surface area contributed by atoms with Gasteiger partial charge in [-0.15, -0.1) is 0 Å². The van der Waals surface area contributed by atoms with Crippen LogP contribution in [0.5, 0.6) is 0 Å². The van der Waals surface area contributed by atoms with E-state index in [0.29, 0.717) is 33.3 Å². The number of pyridine rings is 1. The first kappa shape index (κ1) is 22.7. The minimum absolute atomic E-state index is 0.0997. The van der Waals surface area contributed by atoms with E-state index in [1.807, 2.05) is 13.8 Å². The van der Waals surface area contributed by atoms with Gasteiger partial charge in [0.05, 0.1) is 23.4 Å². The van der Waals surface area contributed by atoms with Gasteiger partial charge in [0.2, 0.25) is 0 Å². The van der Waals surface area contributed by atoms with Crippen molar-refractivity contribution in [1.29, 1.82) is 0 Å². The maximum Gasteiger partial charge on any atom is 0.473 e. The summed E-state index contributed by atoms with van der Waals surface area (Å²) in [5.41, 5.74) is -0.346. The molecule has 0 saturated carbocycles. The van der Waals surface area contributed by atoms with Crippen LogP contribution in [0.25, 0.3) is 10.3 Å². The lowest BCUT2D eigenvalue weighted by Crippen LogP contribution is -2.27. The van der Waals surface area contributed by atoms with Crippen molar-refractivity contribution in [2.24, 2.45) is 5.92 Å². The molecule has 166 valence electrons. The monoisotopic (exact) mass is 503 g/mol. The summed E-state index contributed by atoms with van der Waals surface area (Å²) in [6.45, 7) is 3.95. The average molecular weight is 504 g/mol. The Kier molecular flexibility index (Phi) is 6.68. The first-order valence-electron chi connectivity index (χ1n) is 9.30. The van der Waals surface area contributed by atoms with Gasteiger partial charge in [-0.2, -0.15) is 0 Å². The number of thioether (sulfide) groups is 1. The van der Waals surface area contributed by atoms with Crippen LogP contribution in [0.3, 0.4) is 0 Å². The fraction of sp³-hybridized carbons (Fsp3) is 0.412. The van der Waals surface area contributed by atoms with E-state index in [2.05, 4.69) is 25.3 Å². The Morgan fingerprint density at radius 1 is 1.39 bits per heavy atom. The van der Waals surface area contributed by atoms with Gasteiger partial charge in [0, 0.05) is 6.20 Å². The first-order valence-corrected chi connectivity index (χ1v) is 12.9. The molecule has 3 aromatic heterocycles. The molecule has 0 saturated heterocycles. The van der Waals surface area contributed by atoms with Gasteiger partial charge in [-0.3, -0.25) is 23.8 Å². The van der Waals surface area contributed by atoms with Gasteiger partial charge in [-0.05, 0) is 36.2 Å². The largest absolute Gasteiger partial charge is 0.473 e. The summed E-state index contributed by atoms with van der Waals surface area (Å²) in [5.74, 6) is 0.718. The minimum atomic E-state index is -4.44. The van der Waals surface area contributed by atoms with E-state index in [0.717, 1.165) is 23.1 Å². The number of rotatable bonds is 3. The molecule has 14 heteroatoms. The number of hydrogen-bond acceptors (Lipinski definition) is 10. The zero-order chi connectivity index (χ0) is 22.2. The van der Waals surface area contributed by atoms with E-state index in [4.69, 9.17) is 20.6 Å². The summed E-state index contributed by atoms with van der Waals surface area (Å²) in [6, 6.07) is 2.82. The van der Waals surface area contributed by atoms with E-state index in [9.17, 15) is 14.3 Å². The van der Waals surface area contributed by atoms with Crippen LogP contribution < -0.4 is 10.2 Å². The molecule has 4 heterocycles. The van der Waals surface area contributed by atoms with E-state index in [1.54, 1.807) is 12.1 Å². The van der Waals surface area contributed by atoms with Crippen molar-refractivity contribution in [2.75, 3.05) is 11.9 Å². The molecule has 2 bridgehead atoms. The van der Waals surface area contributed by atoms with Gasteiger partial charge in [-0.1, -0.05) is 36.8 Å². The normalized spacial score (nSPS) is 24.7. The Balaban J connectivity index is 1.80. The second-order valence-corrected chi connectivity index (χ2v) is 11.1. The number of hydrogen-bond donors (Lipinski definition) is 3. The highest BCUT2D eigenvalue weighted by Crippen LogP contribution is 2.52. The van der Waals surface area contributed by atoms with Crippen LogP contribution in [0.1, 0.15) is 31.4 Å². The number of H-pyrrole nitrogens is 1. The molecule has 1 aliphatic heterocycles. The molecular formula is C17H19ClN5O5PS2. The smallest absolute Gasteiger partial charge is 0.364 e. The van der Waals surface area contributed by atoms with E-state index >= 15 is 0 Å². The van der Waals surface area contributed by atoms with Crippen molar-refractivity contribution in [3.63, 3.8) is 0 Å². The summed E-state index contributed by atoms with van der Waals surface area (Å²) in [7, 11) is -4.44. The molecule has 0 fully saturated rings. The van der Waals surface area contributed by atoms with E-state index < -0.39 is 13.3 Å². The number of thiazole rings is 1. The average Bonchev–Trinajstić information content (AvgIpc) is 3.05. The van der Waals surface area contributed by atoms with Gasteiger partial charge in [0.25, 0.3) is 0 Å². The molecule has 3 aromatic rings. The number of nitrogens with one attached hydrogen (secondary N) is 2. The molecule has 1 unspecified atom stereocenters. The molecule has 0 aliphatic carbocycles. The lowest BCUT2D eigenvalue weighted by atomic mass is 10.0. The standard InChI is InChI=1S/C17H19ClN5O5PS2/c1-8(2)5-10-7-27-29(25,26)28-15(11-4-3-9(18)6-19-11)31-16-21-13(20-10)12-14(22-16)23-17(24)30-12/h3-4,6,8,10,15H,5,7H2,1-2H3,(H,25,26)(H2,20,21,22,23,24)/t10-,15-/m1/s1. The van der Waals surface area contributed by atoms with Crippen LogP contribution in [-0.2, 0) is 13.6 Å². The van der Waals surface area contributed by atoms with Crippen molar-refractivity contribution < 1.29 is 18.5 Å². The molecule has 3 atom stereocenters. The second-order valence-electron chi connectivity index (χ2n) is 7.24. The SMILES string of the molecule is CC(C)C[C@@H]1COP(=O)(O)O[C@@H](c2ccc(Cl)cn2)Sc2nc(c3sc(=O)[nH]c3n2)N1. The highest BCUT2D eigenvalue weighted by atomic mass is 35.5.